The van der Waals surface area contributed by atoms with E-state index in [1.165, 1.54) is 22.8 Å². The number of anilines is 1. The van der Waals surface area contributed by atoms with Crippen LogP contribution in [0.3, 0.4) is 0 Å². The van der Waals surface area contributed by atoms with Crippen molar-refractivity contribution in [2.24, 2.45) is 0 Å². The molecule has 9 heteroatoms. The van der Waals surface area contributed by atoms with Crippen molar-refractivity contribution in [3.8, 4) is 10.6 Å². The van der Waals surface area contributed by atoms with Gasteiger partial charge in [0.1, 0.15) is 5.01 Å². The molecule has 0 aliphatic heterocycles. The molecule has 0 radical (unpaired) electrons. The van der Waals surface area contributed by atoms with Crippen LogP contribution in [0.5, 0.6) is 0 Å². The molecule has 32 heavy (non-hydrogen) atoms. The standard InChI is InChI=1S/C23H28N6O2S/c1-22(2,3)31-29(16-30)14-18-13-25-20(32-18)17-11-26-21(27-12-17)28-15-23(8-6-9-23)19-7-4-5-10-24-19/h4-5,7,10-13,16H,6,8-9,14-15H2,1-3H3,(H,26,27,28). The number of hydrogen-bond acceptors (Lipinski definition) is 8. The van der Waals surface area contributed by atoms with Gasteiger partial charge in [-0.3, -0.25) is 14.6 Å². The fourth-order valence-corrected chi connectivity index (χ4v) is 4.57. The van der Waals surface area contributed by atoms with Gasteiger partial charge in [0.05, 0.1) is 12.1 Å². The first-order valence-corrected chi connectivity index (χ1v) is 11.5. The SMILES string of the molecule is CC(C)(C)ON(C=O)Cc1cnc(-c2cnc(NCC3(c4ccccn4)CCC3)nc2)s1. The molecule has 3 aromatic heterocycles. The van der Waals surface area contributed by atoms with Gasteiger partial charge < -0.3 is 5.32 Å². The molecule has 0 atom stereocenters. The number of nitrogens with zero attached hydrogens (tertiary/aromatic N) is 5. The van der Waals surface area contributed by atoms with E-state index in [-0.39, 0.29) is 5.41 Å². The molecule has 1 aliphatic rings. The van der Waals surface area contributed by atoms with Gasteiger partial charge in [0.15, 0.2) is 0 Å². The number of nitrogens with one attached hydrogen (secondary N) is 1. The number of carbonyl (C=O) groups is 1. The third-order valence-corrected chi connectivity index (χ3v) is 6.41. The maximum atomic E-state index is 11.3. The van der Waals surface area contributed by atoms with Crippen LogP contribution in [-0.2, 0) is 21.6 Å². The lowest BCUT2D eigenvalue weighted by molar-refractivity contribution is -0.220. The van der Waals surface area contributed by atoms with Crippen LogP contribution in [0.15, 0.2) is 43.0 Å². The molecule has 1 aliphatic carbocycles. The fraction of sp³-hybridized carbons (Fsp3) is 0.435. The molecule has 3 heterocycles. The number of rotatable bonds is 9. The van der Waals surface area contributed by atoms with Gasteiger partial charge >= 0.3 is 0 Å². The molecular weight excluding hydrogens is 424 g/mol. The van der Waals surface area contributed by atoms with Gasteiger partial charge in [-0.1, -0.05) is 12.5 Å². The summed E-state index contributed by atoms with van der Waals surface area (Å²) < 4.78 is 0. The largest absolute Gasteiger partial charge is 0.353 e. The number of thiazole rings is 1. The highest BCUT2D eigenvalue weighted by Crippen LogP contribution is 2.42. The van der Waals surface area contributed by atoms with E-state index >= 15 is 0 Å². The summed E-state index contributed by atoms with van der Waals surface area (Å²) in [4.78, 5) is 35.8. The highest BCUT2D eigenvalue weighted by atomic mass is 32.1. The van der Waals surface area contributed by atoms with Crippen LogP contribution in [0.1, 0.15) is 50.6 Å². The van der Waals surface area contributed by atoms with Crippen molar-refractivity contribution >= 4 is 23.7 Å². The minimum absolute atomic E-state index is 0.0626. The number of hydroxylamine groups is 2. The summed E-state index contributed by atoms with van der Waals surface area (Å²) in [5.74, 6) is 0.596. The minimum atomic E-state index is -0.445. The molecule has 1 fully saturated rings. The average molecular weight is 453 g/mol. The van der Waals surface area contributed by atoms with Crippen LogP contribution >= 0.6 is 11.3 Å². The second-order valence-electron chi connectivity index (χ2n) is 9.01. The van der Waals surface area contributed by atoms with Crippen molar-refractivity contribution < 1.29 is 9.63 Å². The van der Waals surface area contributed by atoms with Crippen molar-refractivity contribution in [2.75, 3.05) is 11.9 Å². The Hall–Kier alpha value is -2.91. The highest BCUT2D eigenvalue weighted by molar-refractivity contribution is 7.15. The van der Waals surface area contributed by atoms with Crippen molar-refractivity contribution in [1.82, 2.24) is 25.0 Å². The highest BCUT2D eigenvalue weighted by Gasteiger charge is 2.39. The maximum absolute atomic E-state index is 11.3. The first-order chi connectivity index (χ1) is 15.4. The molecule has 3 aromatic rings. The second-order valence-corrected chi connectivity index (χ2v) is 10.1. The Morgan fingerprint density at radius 2 is 1.94 bits per heavy atom. The van der Waals surface area contributed by atoms with Crippen molar-refractivity contribution in [3.63, 3.8) is 0 Å². The number of carbonyl (C=O) groups excluding carboxylic acids is 1. The third kappa shape index (κ3) is 5.28. The van der Waals surface area contributed by atoms with Gasteiger partial charge in [0.2, 0.25) is 12.4 Å². The summed E-state index contributed by atoms with van der Waals surface area (Å²) in [5.41, 5.74) is 1.59. The molecule has 0 unspecified atom stereocenters. The Kier molecular flexibility index (Phi) is 6.48. The minimum Gasteiger partial charge on any atom is -0.353 e. The zero-order valence-electron chi connectivity index (χ0n) is 18.6. The van der Waals surface area contributed by atoms with Crippen molar-refractivity contribution in [3.05, 3.63) is 53.6 Å². The van der Waals surface area contributed by atoms with Gasteiger partial charge in [0.25, 0.3) is 0 Å². The van der Waals surface area contributed by atoms with Crippen LogP contribution in [0, 0.1) is 0 Å². The Bertz CT molecular complexity index is 1030. The molecule has 1 saturated carbocycles. The first-order valence-electron chi connectivity index (χ1n) is 10.7. The number of pyridine rings is 1. The first kappa shape index (κ1) is 22.3. The van der Waals surface area contributed by atoms with E-state index in [9.17, 15) is 4.79 Å². The molecule has 1 N–H and O–H groups in total. The second kappa shape index (κ2) is 9.30. The number of hydrogen-bond donors (Lipinski definition) is 1. The van der Waals surface area contributed by atoms with E-state index in [0.29, 0.717) is 18.9 Å². The van der Waals surface area contributed by atoms with E-state index in [4.69, 9.17) is 4.84 Å². The number of amides is 1. The molecule has 0 spiro atoms. The lowest BCUT2D eigenvalue weighted by atomic mass is 9.66. The molecule has 4 rings (SSSR count). The summed E-state index contributed by atoms with van der Waals surface area (Å²) in [6.07, 6.45) is 11.3. The Labute approximate surface area is 192 Å². The van der Waals surface area contributed by atoms with Crippen LogP contribution in [0.4, 0.5) is 5.95 Å². The molecule has 1 amide bonds. The Morgan fingerprint density at radius 3 is 2.53 bits per heavy atom. The smallest absolute Gasteiger partial charge is 0.233 e. The lowest BCUT2D eigenvalue weighted by Crippen LogP contribution is -2.41. The van der Waals surface area contributed by atoms with Crippen molar-refractivity contribution in [2.45, 2.75) is 57.6 Å². The van der Waals surface area contributed by atoms with Gasteiger partial charge in [-0.15, -0.1) is 11.3 Å². The molecular formula is C23H28N6O2S. The monoisotopic (exact) mass is 452 g/mol. The van der Waals surface area contributed by atoms with Gasteiger partial charge in [-0.05, 0) is 45.7 Å². The molecule has 0 aromatic carbocycles. The summed E-state index contributed by atoms with van der Waals surface area (Å²) >= 11 is 1.49. The third-order valence-electron chi connectivity index (χ3n) is 5.38. The summed E-state index contributed by atoms with van der Waals surface area (Å²) in [7, 11) is 0. The zero-order chi connectivity index (χ0) is 22.6. The topological polar surface area (TPSA) is 93.1 Å². The average Bonchev–Trinajstić information content (AvgIpc) is 3.21. The van der Waals surface area contributed by atoms with E-state index in [2.05, 4.69) is 31.3 Å². The predicted octanol–water partition coefficient (Wildman–Crippen LogP) is 4.22. The molecule has 0 bridgehead atoms. The quantitative estimate of drug-likeness (QED) is 0.384. The summed E-state index contributed by atoms with van der Waals surface area (Å²) in [5, 5.41) is 5.48. The lowest BCUT2D eigenvalue weighted by Gasteiger charge is -2.41. The summed E-state index contributed by atoms with van der Waals surface area (Å²) in [6, 6.07) is 6.09. The Balaban J connectivity index is 1.37. The molecule has 168 valence electrons. The fourth-order valence-electron chi connectivity index (χ4n) is 3.69. The van der Waals surface area contributed by atoms with Gasteiger partial charge in [-0.2, -0.15) is 0 Å². The number of aromatic nitrogens is 4. The zero-order valence-corrected chi connectivity index (χ0v) is 19.4. The van der Waals surface area contributed by atoms with Gasteiger partial charge in [0, 0.05) is 52.9 Å². The van der Waals surface area contributed by atoms with E-state index in [0.717, 1.165) is 40.5 Å². The molecule has 0 saturated heterocycles. The van der Waals surface area contributed by atoms with E-state index < -0.39 is 5.60 Å². The molecule has 8 nitrogen and oxygen atoms in total. The van der Waals surface area contributed by atoms with Crippen LogP contribution < -0.4 is 5.32 Å². The normalized spacial score (nSPS) is 15.1. The van der Waals surface area contributed by atoms with Crippen LogP contribution in [-0.4, -0.2) is 43.6 Å². The predicted molar refractivity (Wildman–Crippen MR) is 124 cm³/mol. The van der Waals surface area contributed by atoms with E-state index in [1.54, 1.807) is 18.6 Å². The van der Waals surface area contributed by atoms with Crippen molar-refractivity contribution in [1.29, 1.82) is 0 Å². The van der Waals surface area contributed by atoms with E-state index in [1.807, 2.05) is 39.1 Å². The maximum Gasteiger partial charge on any atom is 0.233 e. The summed E-state index contributed by atoms with van der Waals surface area (Å²) in [6.45, 7) is 6.81. The van der Waals surface area contributed by atoms with Crippen LogP contribution in [0.2, 0.25) is 0 Å². The van der Waals surface area contributed by atoms with Gasteiger partial charge in [-0.25, -0.2) is 20.0 Å². The van der Waals surface area contributed by atoms with Crippen LogP contribution in [0.25, 0.3) is 10.6 Å². The Morgan fingerprint density at radius 1 is 1.16 bits per heavy atom.